The maximum atomic E-state index is 14.7. The third-order valence-corrected chi connectivity index (χ3v) is 5.71. The van der Waals surface area contributed by atoms with Crippen LogP contribution in [-0.2, 0) is 6.42 Å². The van der Waals surface area contributed by atoms with Crippen molar-refractivity contribution in [2.45, 2.75) is 20.3 Å². The highest BCUT2D eigenvalue weighted by Gasteiger charge is 2.17. The molecule has 0 aliphatic heterocycles. The van der Waals surface area contributed by atoms with Crippen molar-refractivity contribution in [3.8, 4) is 0 Å². The smallest absolute Gasteiger partial charge is 0.183 e. The van der Waals surface area contributed by atoms with Crippen LogP contribution in [0, 0.1) is 12.7 Å². The van der Waals surface area contributed by atoms with Crippen LogP contribution in [0.1, 0.15) is 29.2 Å². The predicted octanol–water partition coefficient (Wildman–Crippen LogP) is 6.28. The fourth-order valence-electron chi connectivity index (χ4n) is 3.91. The van der Waals surface area contributed by atoms with Crippen molar-refractivity contribution in [1.29, 1.82) is 0 Å². The summed E-state index contributed by atoms with van der Waals surface area (Å²) in [6, 6.07) is 19.9. The largest absolute Gasteiger partial charge is 0.344 e. The van der Waals surface area contributed by atoms with Crippen molar-refractivity contribution in [3.05, 3.63) is 107 Å². The van der Waals surface area contributed by atoms with Gasteiger partial charge in [0.25, 0.3) is 0 Å². The van der Waals surface area contributed by atoms with Crippen LogP contribution in [-0.4, -0.2) is 25.6 Å². The monoisotopic (exact) mass is 450 g/mol. The van der Waals surface area contributed by atoms with Gasteiger partial charge in [0.1, 0.15) is 11.3 Å². The second-order valence-corrected chi connectivity index (χ2v) is 7.86. The highest BCUT2D eigenvalue weighted by molar-refractivity contribution is 6.14. The van der Waals surface area contributed by atoms with Gasteiger partial charge in [-0.05, 0) is 18.9 Å². The minimum Gasteiger partial charge on any atom is -0.344 e. The van der Waals surface area contributed by atoms with E-state index in [1.807, 2.05) is 74.5 Å². The molecule has 5 aromatic rings. The summed E-state index contributed by atoms with van der Waals surface area (Å²) >= 11 is 0. The molecule has 0 fully saturated rings. The molecule has 2 N–H and O–H groups in total. The summed E-state index contributed by atoms with van der Waals surface area (Å²) < 4.78 is 14.7. The first-order valence-electron chi connectivity index (χ1n) is 11.1. The molecule has 2 aromatic carbocycles. The predicted molar refractivity (Wildman–Crippen MR) is 134 cm³/mol. The number of pyridine rings is 2. The maximum Gasteiger partial charge on any atom is 0.183 e. The quantitative estimate of drug-likeness (QED) is 0.299. The standard InChI is InChI=1S/C27H23FN6/c1-3-18-14-29-15-21(28)24(18)33-26-17(2)22-25(31-16-30-22)27(34-26)32-23(19-10-6-4-7-11-19)20-12-8-5-9-13-20/h4-16H,3H2,1-2H3,(H,30,31)(H,29,33,34). The number of benzene rings is 2. The van der Waals surface area contributed by atoms with E-state index in [0.717, 1.165) is 33.5 Å². The zero-order valence-corrected chi connectivity index (χ0v) is 18.9. The molecule has 168 valence electrons. The number of rotatable bonds is 6. The molecule has 5 rings (SSSR count). The van der Waals surface area contributed by atoms with Crippen molar-refractivity contribution in [1.82, 2.24) is 19.9 Å². The number of hydrogen-bond acceptors (Lipinski definition) is 5. The molecule has 6 nitrogen and oxygen atoms in total. The van der Waals surface area contributed by atoms with Crippen LogP contribution in [0.4, 0.5) is 21.7 Å². The Morgan fingerprint density at radius 2 is 1.68 bits per heavy atom. The van der Waals surface area contributed by atoms with Crippen LogP contribution >= 0.6 is 0 Å². The molecule has 0 unspecified atom stereocenters. The summed E-state index contributed by atoms with van der Waals surface area (Å²) in [5, 5.41) is 3.19. The fraction of sp³-hybridized carbons (Fsp3) is 0.111. The minimum absolute atomic E-state index is 0.369. The van der Waals surface area contributed by atoms with E-state index in [0.29, 0.717) is 29.3 Å². The van der Waals surface area contributed by atoms with Crippen molar-refractivity contribution >= 4 is 34.1 Å². The number of aromatic nitrogens is 4. The molecule has 0 atom stereocenters. The zero-order valence-electron chi connectivity index (χ0n) is 18.9. The Labute approximate surface area is 196 Å². The van der Waals surface area contributed by atoms with Gasteiger partial charge in [-0.15, -0.1) is 0 Å². The number of aryl methyl sites for hydroxylation is 2. The topological polar surface area (TPSA) is 78.8 Å². The molecular formula is C27H23FN6. The van der Waals surface area contributed by atoms with E-state index < -0.39 is 5.82 Å². The number of imidazole rings is 1. The summed E-state index contributed by atoms with van der Waals surface area (Å²) in [4.78, 5) is 21.4. The van der Waals surface area contributed by atoms with E-state index in [2.05, 4.69) is 20.3 Å². The lowest BCUT2D eigenvalue weighted by atomic mass is 10.0. The average Bonchev–Trinajstić information content (AvgIpc) is 3.38. The minimum atomic E-state index is -0.426. The van der Waals surface area contributed by atoms with E-state index in [1.165, 1.54) is 6.20 Å². The van der Waals surface area contributed by atoms with Gasteiger partial charge >= 0.3 is 0 Å². The molecule has 0 saturated heterocycles. The second-order valence-electron chi connectivity index (χ2n) is 7.86. The fourth-order valence-corrected chi connectivity index (χ4v) is 3.91. The number of halogens is 1. The lowest BCUT2D eigenvalue weighted by Crippen LogP contribution is -2.05. The molecule has 0 aliphatic carbocycles. The van der Waals surface area contributed by atoms with Gasteiger partial charge in [-0.3, -0.25) is 4.98 Å². The molecule has 0 bridgehead atoms. The van der Waals surface area contributed by atoms with E-state index in [1.54, 1.807) is 12.5 Å². The summed E-state index contributed by atoms with van der Waals surface area (Å²) in [7, 11) is 0. The van der Waals surface area contributed by atoms with E-state index >= 15 is 0 Å². The summed E-state index contributed by atoms with van der Waals surface area (Å²) in [5.74, 6) is 0.528. The van der Waals surface area contributed by atoms with Crippen molar-refractivity contribution < 1.29 is 4.39 Å². The van der Waals surface area contributed by atoms with E-state index in [4.69, 9.17) is 9.98 Å². The number of nitrogens with zero attached hydrogens (tertiary/aromatic N) is 4. The lowest BCUT2D eigenvalue weighted by Gasteiger charge is -2.14. The molecule has 0 saturated carbocycles. The Kier molecular flexibility index (Phi) is 5.82. The number of fused-ring (bicyclic) bond motifs is 1. The number of anilines is 2. The summed E-state index contributed by atoms with van der Waals surface area (Å²) in [6.07, 6.45) is 5.12. The average molecular weight is 451 g/mol. The Hall–Kier alpha value is -4.39. The molecule has 0 radical (unpaired) electrons. The maximum absolute atomic E-state index is 14.7. The summed E-state index contributed by atoms with van der Waals surface area (Å²) in [5.41, 5.74) is 6.11. The Morgan fingerprint density at radius 3 is 2.32 bits per heavy atom. The van der Waals surface area contributed by atoms with Crippen LogP contribution in [0.3, 0.4) is 0 Å². The number of nitrogens with one attached hydrogen (secondary N) is 2. The number of hydrogen-bond donors (Lipinski definition) is 2. The molecule has 34 heavy (non-hydrogen) atoms. The van der Waals surface area contributed by atoms with Gasteiger partial charge in [-0.25, -0.2) is 19.4 Å². The number of H-pyrrole nitrogens is 1. The van der Waals surface area contributed by atoms with Gasteiger partial charge in [-0.1, -0.05) is 67.6 Å². The Morgan fingerprint density at radius 1 is 1.00 bits per heavy atom. The van der Waals surface area contributed by atoms with Gasteiger partial charge in [0.15, 0.2) is 11.6 Å². The second kappa shape index (κ2) is 9.23. The molecule has 3 heterocycles. The van der Waals surface area contributed by atoms with Crippen LogP contribution in [0.25, 0.3) is 11.0 Å². The first-order chi connectivity index (χ1) is 16.7. The number of aromatic amines is 1. The molecule has 0 spiro atoms. The third-order valence-electron chi connectivity index (χ3n) is 5.71. The summed E-state index contributed by atoms with van der Waals surface area (Å²) in [6.45, 7) is 3.88. The van der Waals surface area contributed by atoms with Gasteiger partial charge in [0, 0.05) is 22.9 Å². The third kappa shape index (κ3) is 4.03. The van der Waals surface area contributed by atoms with Crippen molar-refractivity contribution in [3.63, 3.8) is 0 Å². The van der Waals surface area contributed by atoms with Crippen LogP contribution in [0.15, 0.2) is 84.4 Å². The van der Waals surface area contributed by atoms with Gasteiger partial charge in [0.2, 0.25) is 0 Å². The number of aliphatic imine (C=N–C) groups is 1. The van der Waals surface area contributed by atoms with Gasteiger partial charge < -0.3 is 10.3 Å². The normalized spacial score (nSPS) is 10.9. The van der Waals surface area contributed by atoms with Crippen LogP contribution in [0.5, 0.6) is 0 Å². The van der Waals surface area contributed by atoms with E-state index in [-0.39, 0.29) is 0 Å². The first-order valence-corrected chi connectivity index (χ1v) is 11.1. The molecular weight excluding hydrogens is 427 g/mol. The Balaban J connectivity index is 1.70. The molecule has 3 aromatic heterocycles. The Bertz CT molecular complexity index is 1430. The lowest BCUT2D eigenvalue weighted by molar-refractivity contribution is 0.623. The van der Waals surface area contributed by atoms with Crippen molar-refractivity contribution in [2.75, 3.05) is 5.32 Å². The van der Waals surface area contributed by atoms with Crippen LogP contribution in [0.2, 0.25) is 0 Å². The highest BCUT2D eigenvalue weighted by Crippen LogP contribution is 2.33. The SMILES string of the molecule is CCc1cncc(F)c1Nc1nc(N=C(c2ccccc2)c2ccccc2)c2nc[nH]c2c1C. The van der Waals surface area contributed by atoms with E-state index in [9.17, 15) is 4.39 Å². The molecule has 7 heteroatoms. The van der Waals surface area contributed by atoms with Crippen molar-refractivity contribution in [2.24, 2.45) is 4.99 Å². The zero-order chi connectivity index (χ0) is 23.5. The molecule has 0 aliphatic rings. The highest BCUT2D eigenvalue weighted by atomic mass is 19.1. The molecule has 0 amide bonds. The van der Waals surface area contributed by atoms with Gasteiger partial charge in [-0.2, -0.15) is 0 Å². The first kappa shape index (κ1) is 21.5. The van der Waals surface area contributed by atoms with Crippen LogP contribution < -0.4 is 5.32 Å². The van der Waals surface area contributed by atoms with Gasteiger partial charge in [0.05, 0.1) is 29.4 Å².